The number of halogens is 1. The number of hydrogen-bond acceptors (Lipinski definition) is 6. The van der Waals surface area contributed by atoms with Gasteiger partial charge in [-0.1, -0.05) is 0 Å². The van der Waals surface area contributed by atoms with Crippen molar-refractivity contribution in [1.29, 1.82) is 0 Å². The number of nitrogens with one attached hydrogen (secondary N) is 1. The van der Waals surface area contributed by atoms with Crippen LogP contribution in [-0.4, -0.2) is 50.5 Å². The van der Waals surface area contributed by atoms with Crippen LogP contribution >= 0.6 is 7.49 Å². The Kier molecular flexibility index (Phi) is 6.58. The zero-order chi connectivity index (χ0) is 24.4. The molecular formula is C26H29FN5O2P. The quantitative estimate of drug-likeness (QED) is 0.401. The van der Waals surface area contributed by atoms with Crippen molar-refractivity contribution in [3.05, 3.63) is 87.9 Å². The summed E-state index contributed by atoms with van der Waals surface area (Å²) in [6, 6.07) is 12.3. The number of benzene rings is 2. The molecule has 0 radical (unpaired) electrons. The third-order valence-electron chi connectivity index (χ3n) is 6.78. The van der Waals surface area contributed by atoms with E-state index in [0.717, 1.165) is 29.4 Å². The van der Waals surface area contributed by atoms with Crippen molar-refractivity contribution in [2.75, 3.05) is 30.3 Å². The summed E-state index contributed by atoms with van der Waals surface area (Å²) in [6.45, 7) is 3.30. The van der Waals surface area contributed by atoms with E-state index in [4.69, 9.17) is 0 Å². The second-order valence-electron chi connectivity index (χ2n) is 9.20. The van der Waals surface area contributed by atoms with Crippen LogP contribution < -0.4 is 15.8 Å². The van der Waals surface area contributed by atoms with Crippen LogP contribution in [-0.2, 0) is 12.8 Å². The summed E-state index contributed by atoms with van der Waals surface area (Å²) >= 11 is 0. The van der Waals surface area contributed by atoms with E-state index in [1.807, 2.05) is 30.6 Å². The molecule has 2 aromatic heterocycles. The van der Waals surface area contributed by atoms with Crippen LogP contribution in [0.5, 0.6) is 0 Å². The molecule has 1 saturated heterocycles. The predicted octanol–water partition coefficient (Wildman–Crippen LogP) is 3.20. The average molecular weight is 494 g/mol. The summed E-state index contributed by atoms with van der Waals surface area (Å²) in [5.74, 6) is 0.293. The molecule has 9 heteroatoms. The van der Waals surface area contributed by atoms with Gasteiger partial charge in [-0.2, -0.15) is 0 Å². The van der Waals surface area contributed by atoms with Gasteiger partial charge in [0.15, 0.2) is 0 Å². The van der Waals surface area contributed by atoms with Crippen LogP contribution in [0, 0.1) is 5.82 Å². The molecule has 0 bridgehead atoms. The normalized spacial score (nSPS) is 16.4. The van der Waals surface area contributed by atoms with Crippen LogP contribution in [0.3, 0.4) is 0 Å². The van der Waals surface area contributed by atoms with Gasteiger partial charge in [0.2, 0.25) is 0 Å². The number of aromatic nitrogens is 4. The first kappa shape index (κ1) is 23.5. The van der Waals surface area contributed by atoms with Gasteiger partial charge in [-0.3, -0.25) is 0 Å². The Hall–Kier alpha value is -3.22. The number of aromatic amines is 1. The van der Waals surface area contributed by atoms with E-state index in [1.54, 1.807) is 18.2 Å². The van der Waals surface area contributed by atoms with Crippen molar-refractivity contribution < 1.29 is 9.28 Å². The van der Waals surface area contributed by atoms with Gasteiger partial charge >= 0.3 is 203 Å². The first-order valence-corrected chi connectivity index (χ1v) is 14.4. The minimum atomic E-state index is -3.02. The molecule has 1 aliphatic heterocycles. The first-order chi connectivity index (χ1) is 17.0. The standard InChI is InChI=1S/C26H29FN5O2P/c1-2-5-19-16-28-26(29-17-19)32-10-12-35(34,13-11-32)24-15-18(8-9-22(24)27)14-23-20-6-3-4-7-21(20)25(33)31-30-23/h3-4,6-9,15-17,34-35H,2,5,10-14H2,1H3,(H,31,33). The van der Waals surface area contributed by atoms with Crippen molar-refractivity contribution in [3.8, 4) is 0 Å². The van der Waals surface area contributed by atoms with E-state index in [-0.39, 0.29) is 11.4 Å². The fourth-order valence-corrected chi connectivity index (χ4v) is 7.86. The van der Waals surface area contributed by atoms with Gasteiger partial charge in [0.1, 0.15) is 0 Å². The van der Waals surface area contributed by atoms with Crippen LogP contribution in [0.15, 0.2) is 59.7 Å². The number of fused-ring (bicyclic) bond motifs is 1. The van der Waals surface area contributed by atoms with E-state index in [0.29, 0.717) is 54.2 Å². The molecule has 4 aromatic rings. The topological polar surface area (TPSA) is 95.0 Å². The number of rotatable bonds is 6. The summed E-state index contributed by atoms with van der Waals surface area (Å²) in [5, 5.41) is 8.58. The zero-order valence-corrected chi connectivity index (χ0v) is 20.7. The number of nitrogens with zero attached hydrogens (tertiary/aromatic N) is 4. The van der Waals surface area contributed by atoms with Gasteiger partial charge < -0.3 is 0 Å². The number of aryl methyl sites for hydroxylation is 1. The molecule has 5 rings (SSSR count). The molecule has 2 aromatic carbocycles. The Balaban J connectivity index is 1.35. The second-order valence-corrected chi connectivity index (χ2v) is 12.8. The van der Waals surface area contributed by atoms with Gasteiger partial charge in [0.05, 0.1) is 0 Å². The molecule has 0 aliphatic carbocycles. The Bertz CT molecular complexity index is 1400. The number of hydrogen-bond donors (Lipinski definition) is 2. The average Bonchev–Trinajstić information content (AvgIpc) is 2.88. The summed E-state index contributed by atoms with van der Waals surface area (Å²) in [5.41, 5.74) is 2.44. The molecule has 0 atom stereocenters. The van der Waals surface area contributed by atoms with Crippen LogP contribution in [0.2, 0.25) is 0 Å². The van der Waals surface area contributed by atoms with E-state index in [9.17, 15) is 14.1 Å². The van der Waals surface area contributed by atoms with Crippen molar-refractivity contribution in [1.82, 2.24) is 20.2 Å². The molecule has 7 nitrogen and oxygen atoms in total. The molecule has 35 heavy (non-hydrogen) atoms. The van der Waals surface area contributed by atoms with E-state index >= 15 is 0 Å². The molecule has 2 N–H and O–H groups in total. The maximum atomic E-state index is 15.0. The van der Waals surface area contributed by atoms with Gasteiger partial charge in [-0.25, -0.2) is 0 Å². The molecule has 3 heterocycles. The monoisotopic (exact) mass is 493 g/mol. The van der Waals surface area contributed by atoms with E-state index in [2.05, 4.69) is 32.0 Å². The molecule has 182 valence electrons. The molecule has 1 aliphatic rings. The Morgan fingerprint density at radius 3 is 2.49 bits per heavy atom. The third-order valence-corrected chi connectivity index (χ3v) is 10.3. The Labute approximate surface area is 203 Å². The van der Waals surface area contributed by atoms with Crippen LogP contribution in [0.1, 0.15) is 30.2 Å². The van der Waals surface area contributed by atoms with Crippen LogP contribution in [0.4, 0.5) is 10.3 Å². The fraction of sp³-hybridized carbons (Fsp3) is 0.308. The molecule has 0 amide bonds. The van der Waals surface area contributed by atoms with Crippen molar-refractivity contribution in [2.45, 2.75) is 26.2 Å². The first-order valence-electron chi connectivity index (χ1n) is 12.0. The minimum absolute atomic E-state index is 0.235. The summed E-state index contributed by atoms with van der Waals surface area (Å²) < 4.78 is 15.0. The van der Waals surface area contributed by atoms with Gasteiger partial charge in [0, 0.05) is 0 Å². The number of anilines is 1. The summed E-state index contributed by atoms with van der Waals surface area (Å²) in [4.78, 5) is 34.7. The van der Waals surface area contributed by atoms with E-state index < -0.39 is 7.49 Å². The second kappa shape index (κ2) is 9.80. The van der Waals surface area contributed by atoms with Crippen molar-refractivity contribution in [2.24, 2.45) is 0 Å². The van der Waals surface area contributed by atoms with Gasteiger partial charge in [-0.15, -0.1) is 0 Å². The molecule has 0 saturated carbocycles. The third kappa shape index (κ3) is 4.81. The van der Waals surface area contributed by atoms with Crippen molar-refractivity contribution >= 4 is 29.5 Å². The fourth-order valence-electron chi connectivity index (χ4n) is 4.81. The predicted molar refractivity (Wildman–Crippen MR) is 140 cm³/mol. The SMILES string of the molecule is CCCc1cnc(N2CC[PH](O)(c3cc(Cc4n[nH]c(=O)c5ccccc45)ccc3F)CC2)nc1. The molecule has 0 spiro atoms. The Morgan fingerprint density at radius 1 is 1.06 bits per heavy atom. The molecular weight excluding hydrogens is 464 g/mol. The number of H-pyrrole nitrogens is 1. The molecule has 1 fully saturated rings. The van der Waals surface area contributed by atoms with Crippen molar-refractivity contribution in [3.63, 3.8) is 0 Å². The van der Waals surface area contributed by atoms with E-state index in [1.165, 1.54) is 6.07 Å². The Morgan fingerprint density at radius 2 is 1.77 bits per heavy atom. The zero-order valence-electron chi connectivity index (χ0n) is 19.7. The summed E-state index contributed by atoms with van der Waals surface area (Å²) in [7, 11) is -3.02. The summed E-state index contributed by atoms with van der Waals surface area (Å²) in [6.07, 6.45) is 7.17. The van der Waals surface area contributed by atoms with Gasteiger partial charge in [-0.05, 0) is 0 Å². The van der Waals surface area contributed by atoms with Crippen LogP contribution in [0.25, 0.3) is 10.8 Å². The maximum absolute atomic E-state index is 15.0. The molecule has 0 unspecified atom stereocenters. The van der Waals surface area contributed by atoms with Gasteiger partial charge in [0.25, 0.3) is 0 Å².